The van der Waals surface area contributed by atoms with Gasteiger partial charge in [-0.05, 0) is 62.6 Å². The number of carboxylic acids is 1. The molecule has 0 saturated carbocycles. The van der Waals surface area contributed by atoms with E-state index >= 15 is 0 Å². The third kappa shape index (κ3) is 12.4. The third-order valence-electron chi connectivity index (χ3n) is 7.74. The highest BCUT2D eigenvalue weighted by Gasteiger charge is 2.40. The van der Waals surface area contributed by atoms with Crippen molar-refractivity contribution in [3.63, 3.8) is 0 Å². The molecule has 0 unspecified atom stereocenters. The number of amides is 4. The Morgan fingerprint density at radius 3 is 2.21 bits per heavy atom. The lowest BCUT2D eigenvalue weighted by atomic mass is 10.00. The number of guanidine groups is 1. The molecule has 11 N–H and O–H groups in total. The van der Waals surface area contributed by atoms with Crippen LogP contribution in [0.15, 0.2) is 29.3 Å². The van der Waals surface area contributed by atoms with Crippen molar-refractivity contribution >= 4 is 35.6 Å². The molecule has 4 amide bonds. The second-order valence-electron chi connectivity index (χ2n) is 12.1. The maximum Gasteiger partial charge on any atom is 0.328 e. The first kappa shape index (κ1) is 38.7. The third-order valence-corrected chi connectivity index (χ3v) is 7.74. The number of nitrogens with two attached hydrogens (primary N) is 3. The predicted octanol–water partition coefficient (Wildman–Crippen LogP) is -1.42. The standard InChI is InChI=1S/C31H50N8O8/c1-17(2)15-23(29(44)39-14-6-8-24(39)28(43)38-25(18(3)40)30(45)46)37-27(42)22(16-19-9-11-20(47-4)12-10-19)36-26(41)21(32)7-5-13-35-31(33)34/h9-12,17-18,21-25,40H,5-8,13-16,32H2,1-4H3,(H,36,41)(H,37,42)(H,38,43)(H,45,46)(H4,33,34,35)/t18-,21+,22+,23+,24+,25+/m1/s1. The van der Waals surface area contributed by atoms with Gasteiger partial charge in [0.2, 0.25) is 23.6 Å². The zero-order valence-electron chi connectivity index (χ0n) is 27.5. The number of likely N-dealkylation sites (tertiary alicyclic amines) is 1. The van der Waals surface area contributed by atoms with E-state index in [1.54, 1.807) is 24.3 Å². The molecule has 0 aliphatic carbocycles. The molecule has 1 aromatic rings. The normalized spacial score (nSPS) is 17.5. The van der Waals surface area contributed by atoms with Crippen molar-refractivity contribution in [3.05, 3.63) is 29.8 Å². The summed E-state index contributed by atoms with van der Waals surface area (Å²) >= 11 is 0. The van der Waals surface area contributed by atoms with Crippen molar-refractivity contribution in [1.29, 1.82) is 0 Å². The van der Waals surface area contributed by atoms with E-state index in [4.69, 9.17) is 21.9 Å². The summed E-state index contributed by atoms with van der Waals surface area (Å²) in [5.41, 5.74) is 17.5. The number of aliphatic hydroxyl groups excluding tert-OH is 1. The number of rotatable bonds is 18. The molecule has 2 rings (SSSR count). The van der Waals surface area contributed by atoms with Gasteiger partial charge in [0, 0.05) is 19.5 Å². The molecular formula is C31H50N8O8. The van der Waals surface area contributed by atoms with E-state index < -0.39 is 65.9 Å². The zero-order chi connectivity index (χ0) is 35.3. The lowest BCUT2D eigenvalue weighted by Crippen LogP contribution is -2.59. The summed E-state index contributed by atoms with van der Waals surface area (Å²) < 4.78 is 5.21. The number of hydrogen-bond donors (Lipinski definition) is 8. The van der Waals surface area contributed by atoms with Crippen LogP contribution >= 0.6 is 0 Å². The fourth-order valence-corrected chi connectivity index (χ4v) is 5.24. The number of aliphatic imine (C=N–C) groups is 1. The van der Waals surface area contributed by atoms with Gasteiger partial charge in [0.25, 0.3) is 0 Å². The van der Waals surface area contributed by atoms with Crippen LogP contribution in [0.5, 0.6) is 5.75 Å². The number of benzene rings is 1. The molecule has 1 aliphatic heterocycles. The van der Waals surface area contributed by atoms with E-state index in [-0.39, 0.29) is 50.7 Å². The largest absolute Gasteiger partial charge is 0.497 e. The van der Waals surface area contributed by atoms with E-state index in [9.17, 15) is 34.2 Å². The molecule has 1 heterocycles. The SMILES string of the molecule is COc1ccc(C[C@H](NC(=O)[C@@H](N)CCCN=C(N)N)C(=O)N[C@@H](CC(C)C)C(=O)N2CCC[C@H]2C(=O)N[C@H](C(=O)O)[C@@H](C)O)cc1. The molecule has 6 atom stereocenters. The molecule has 1 aliphatic rings. The van der Waals surface area contributed by atoms with Crippen molar-refractivity contribution in [1.82, 2.24) is 20.9 Å². The minimum absolute atomic E-state index is 0.0426. The minimum atomic E-state index is -1.55. The van der Waals surface area contributed by atoms with Gasteiger partial charge in [-0.15, -0.1) is 0 Å². The van der Waals surface area contributed by atoms with Crippen molar-refractivity contribution in [3.8, 4) is 5.75 Å². The Labute approximate surface area is 274 Å². The molecule has 1 aromatic carbocycles. The Hall–Kier alpha value is -4.44. The van der Waals surface area contributed by atoms with Crippen LogP contribution in [-0.2, 0) is 30.4 Å². The number of carbonyl (C=O) groups excluding carboxylic acids is 4. The molecule has 47 heavy (non-hydrogen) atoms. The maximum atomic E-state index is 13.9. The van der Waals surface area contributed by atoms with Crippen LogP contribution in [0.25, 0.3) is 0 Å². The lowest BCUT2D eigenvalue weighted by molar-refractivity contribution is -0.147. The summed E-state index contributed by atoms with van der Waals surface area (Å²) in [5, 5.41) is 27.0. The van der Waals surface area contributed by atoms with Gasteiger partial charge >= 0.3 is 5.97 Å². The van der Waals surface area contributed by atoms with Crippen LogP contribution in [0.3, 0.4) is 0 Å². The van der Waals surface area contributed by atoms with E-state index in [0.717, 1.165) is 0 Å². The van der Waals surface area contributed by atoms with Gasteiger partial charge in [0.05, 0.1) is 19.3 Å². The highest BCUT2D eigenvalue weighted by Crippen LogP contribution is 2.21. The number of aliphatic hydroxyl groups is 1. The van der Waals surface area contributed by atoms with Gasteiger partial charge in [-0.2, -0.15) is 0 Å². The highest BCUT2D eigenvalue weighted by molar-refractivity contribution is 5.96. The smallest absolute Gasteiger partial charge is 0.328 e. The number of methoxy groups -OCH3 is 1. The number of nitrogens with one attached hydrogen (secondary N) is 3. The van der Waals surface area contributed by atoms with Crippen molar-refractivity contribution in [2.45, 2.75) is 95.6 Å². The molecule has 0 bridgehead atoms. The summed E-state index contributed by atoms with van der Waals surface area (Å²) in [5.74, 6) is -3.34. The highest BCUT2D eigenvalue weighted by atomic mass is 16.5. The molecule has 1 saturated heterocycles. The molecule has 0 aromatic heterocycles. The van der Waals surface area contributed by atoms with Gasteiger partial charge in [-0.25, -0.2) is 4.79 Å². The van der Waals surface area contributed by atoms with E-state index in [0.29, 0.717) is 24.2 Å². The van der Waals surface area contributed by atoms with Crippen LogP contribution in [0.2, 0.25) is 0 Å². The summed E-state index contributed by atoms with van der Waals surface area (Å²) in [4.78, 5) is 70.6. The van der Waals surface area contributed by atoms with Crippen molar-refractivity contribution in [2.24, 2.45) is 28.1 Å². The summed E-state index contributed by atoms with van der Waals surface area (Å²) in [6.45, 7) is 5.49. The van der Waals surface area contributed by atoms with Crippen LogP contribution in [0.1, 0.15) is 58.4 Å². The molecular weight excluding hydrogens is 612 g/mol. The fourth-order valence-electron chi connectivity index (χ4n) is 5.24. The van der Waals surface area contributed by atoms with E-state index in [1.807, 2.05) is 13.8 Å². The Bertz CT molecular complexity index is 1250. The molecule has 16 nitrogen and oxygen atoms in total. The predicted molar refractivity (Wildman–Crippen MR) is 174 cm³/mol. The number of aliphatic carboxylic acids is 1. The number of hydrogen-bond acceptors (Lipinski definition) is 9. The fraction of sp³-hybridized carbons (Fsp3) is 0.613. The number of carbonyl (C=O) groups is 5. The summed E-state index contributed by atoms with van der Waals surface area (Å²) in [6.07, 6.45) is 0.397. The Morgan fingerprint density at radius 1 is 1.02 bits per heavy atom. The van der Waals surface area contributed by atoms with Crippen molar-refractivity contribution < 1.29 is 38.9 Å². The zero-order valence-corrected chi connectivity index (χ0v) is 27.5. The van der Waals surface area contributed by atoms with E-state index in [2.05, 4.69) is 20.9 Å². The maximum absolute atomic E-state index is 13.9. The van der Waals surface area contributed by atoms with Crippen LogP contribution in [0, 0.1) is 5.92 Å². The Kier molecular flexibility index (Phi) is 15.4. The summed E-state index contributed by atoms with van der Waals surface area (Å²) in [7, 11) is 1.53. The first-order valence-electron chi connectivity index (χ1n) is 15.7. The second-order valence-corrected chi connectivity index (χ2v) is 12.1. The number of ether oxygens (including phenoxy) is 1. The second kappa shape index (κ2) is 18.6. The van der Waals surface area contributed by atoms with Gasteiger partial charge in [0.15, 0.2) is 12.0 Å². The van der Waals surface area contributed by atoms with Crippen LogP contribution in [0.4, 0.5) is 0 Å². The topological polar surface area (TPSA) is 265 Å². The molecule has 0 radical (unpaired) electrons. The Morgan fingerprint density at radius 2 is 1.66 bits per heavy atom. The summed E-state index contributed by atoms with van der Waals surface area (Å²) in [6, 6.07) is 1.30. The lowest BCUT2D eigenvalue weighted by Gasteiger charge is -2.31. The van der Waals surface area contributed by atoms with Crippen LogP contribution < -0.4 is 37.9 Å². The van der Waals surface area contributed by atoms with E-state index in [1.165, 1.54) is 18.9 Å². The first-order chi connectivity index (χ1) is 22.1. The average Bonchev–Trinajstić information content (AvgIpc) is 3.50. The van der Waals surface area contributed by atoms with Gasteiger partial charge in [-0.3, -0.25) is 24.2 Å². The Balaban J connectivity index is 2.27. The molecule has 1 fully saturated rings. The number of carboxylic acid groups (broad SMARTS) is 1. The average molecular weight is 663 g/mol. The van der Waals surface area contributed by atoms with Crippen LogP contribution in [-0.4, -0.2) is 107 Å². The van der Waals surface area contributed by atoms with Crippen molar-refractivity contribution in [2.75, 3.05) is 20.2 Å². The quantitative estimate of drug-likeness (QED) is 0.0513. The molecule has 0 spiro atoms. The van der Waals surface area contributed by atoms with Gasteiger partial charge in [0.1, 0.15) is 23.9 Å². The van der Waals surface area contributed by atoms with Gasteiger partial charge < -0.3 is 53.0 Å². The monoisotopic (exact) mass is 662 g/mol. The van der Waals surface area contributed by atoms with Gasteiger partial charge in [-0.1, -0.05) is 26.0 Å². The molecule has 16 heteroatoms. The first-order valence-corrected chi connectivity index (χ1v) is 15.7. The number of nitrogens with zero attached hydrogens (tertiary/aromatic N) is 2. The minimum Gasteiger partial charge on any atom is -0.497 e. The molecule has 262 valence electrons.